The number of carboxylic acids is 1. The van der Waals surface area contributed by atoms with Crippen LogP contribution in [0.2, 0.25) is 5.02 Å². The number of carboxylic acid groups (broad SMARTS) is 1. The number of carbonyl (C=O) groups excluding carboxylic acids is 4. The van der Waals surface area contributed by atoms with Crippen LogP contribution in [0.15, 0.2) is 79.9 Å². The van der Waals surface area contributed by atoms with E-state index in [4.69, 9.17) is 70.6 Å². The Balaban J connectivity index is 0. The number of esters is 2. The number of ether oxygens (including phenoxy) is 4. The lowest BCUT2D eigenvalue weighted by Gasteiger charge is -2.26. The van der Waals surface area contributed by atoms with Crippen molar-refractivity contribution < 1.29 is 80.5 Å². The van der Waals surface area contributed by atoms with E-state index in [1.54, 1.807) is 24.2 Å². The van der Waals surface area contributed by atoms with Crippen molar-refractivity contribution in [2.45, 2.75) is 44.6 Å². The highest BCUT2D eigenvalue weighted by Crippen LogP contribution is 2.37. The first-order valence-corrected chi connectivity index (χ1v) is 27.3. The molecule has 0 aliphatic rings. The zero-order valence-corrected chi connectivity index (χ0v) is 46.2. The van der Waals surface area contributed by atoms with Crippen molar-refractivity contribution in [2.75, 3.05) is 82.5 Å². The first-order chi connectivity index (χ1) is 34.5. The highest BCUT2D eigenvalue weighted by molar-refractivity contribution is 7.94. The molecule has 1 atom stereocenters. The van der Waals surface area contributed by atoms with E-state index in [0.29, 0.717) is 30.1 Å². The van der Waals surface area contributed by atoms with Gasteiger partial charge in [0.1, 0.15) is 37.3 Å². The molecule has 0 saturated heterocycles. The highest BCUT2D eigenvalue weighted by Gasteiger charge is 2.31. The Morgan fingerprint density at radius 1 is 0.959 bits per heavy atom. The molecule has 0 aliphatic carbocycles. The molecule has 0 radical (unpaired) electrons. The third kappa shape index (κ3) is 29.8. The molecule has 19 nitrogen and oxygen atoms in total. The molecule has 0 saturated carbocycles. The Kier molecular flexibility index (Phi) is 36.3. The number of anilines is 1. The maximum atomic E-state index is 12.7. The second kappa shape index (κ2) is 37.7. The monoisotopic (exact) mass is 1170 g/mol. The second-order valence-electron chi connectivity index (χ2n) is 14.5. The van der Waals surface area contributed by atoms with Gasteiger partial charge in [0.05, 0.1) is 59.4 Å². The minimum absolute atomic E-state index is 0.0371. The van der Waals surface area contributed by atoms with Crippen LogP contribution >= 0.6 is 54.0 Å². The van der Waals surface area contributed by atoms with Crippen LogP contribution in [0, 0.1) is 10.1 Å². The summed E-state index contributed by atoms with van der Waals surface area (Å²) >= 11 is 22.3. The molecule has 414 valence electrons. The fraction of sp³-hybridized carbons (Fsp3) is 0.413. The number of para-hydroxylation sites is 1. The van der Waals surface area contributed by atoms with E-state index in [0.717, 1.165) is 60.0 Å². The summed E-state index contributed by atoms with van der Waals surface area (Å²) in [5, 5.41) is 20.8. The first kappa shape index (κ1) is 71.1. The van der Waals surface area contributed by atoms with E-state index >= 15 is 0 Å². The van der Waals surface area contributed by atoms with E-state index < -0.39 is 77.7 Å². The molecule has 0 aliphatic heterocycles. The van der Waals surface area contributed by atoms with Crippen LogP contribution in [0.4, 0.5) is 24.5 Å². The lowest BCUT2D eigenvalue weighted by Crippen LogP contribution is -2.35. The Morgan fingerprint density at radius 2 is 1.51 bits per heavy atom. The van der Waals surface area contributed by atoms with E-state index in [1.165, 1.54) is 11.8 Å². The number of aryl methyl sites for hydroxylation is 2. The number of hydrogen-bond donors (Lipinski definition) is 3. The molecule has 28 heteroatoms. The number of rotatable bonds is 22. The minimum Gasteiger partial charge on any atom is -0.778 e. The van der Waals surface area contributed by atoms with E-state index in [1.807, 2.05) is 23.5 Å². The first-order valence-electron chi connectivity index (χ1n) is 21.3. The van der Waals surface area contributed by atoms with Crippen LogP contribution in [0.25, 0.3) is 0 Å². The average molecular weight is 1170 g/mol. The lowest BCUT2D eigenvalue weighted by atomic mass is 10.0. The van der Waals surface area contributed by atoms with Gasteiger partial charge in [-0.15, -0.1) is 24.8 Å². The molecule has 3 N–H and O–H groups in total. The fourth-order valence-electron chi connectivity index (χ4n) is 5.23. The van der Waals surface area contributed by atoms with Crippen LogP contribution in [0.5, 0.6) is 11.5 Å². The van der Waals surface area contributed by atoms with Crippen molar-refractivity contribution >= 4 is 106 Å². The number of nitro groups is 1. The predicted molar refractivity (Wildman–Crippen MR) is 280 cm³/mol. The number of benzene rings is 3. The predicted octanol–water partition coefficient (Wildman–Crippen LogP) is 8.41. The molecular weight excluding hydrogens is 1110 g/mol. The number of halogens is 7. The Morgan fingerprint density at radius 3 is 1.92 bits per heavy atom. The van der Waals surface area contributed by atoms with Gasteiger partial charge in [-0.2, -0.15) is 13.2 Å². The third-order valence-electron chi connectivity index (χ3n) is 8.19. The molecule has 0 spiro atoms. The molecule has 3 rings (SSSR count). The van der Waals surface area contributed by atoms with E-state index in [9.17, 15) is 56.7 Å². The van der Waals surface area contributed by atoms with Crippen LogP contribution in [-0.4, -0.2) is 132 Å². The van der Waals surface area contributed by atoms with Crippen LogP contribution < -0.4 is 19.8 Å². The van der Waals surface area contributed by atoms with Gasteiger partial charge in [-0.05, 0) is 66.1 Å². The number of carbonyl (C=O) groups is 5. The molecule has 3 aromatic rings. The van der Waals surface area contributed by atoms with Gasteiger partial charge in [0.25, 0.3) is 11.6 Å². The molecule has 0 bridgehead atoms. The standard InChI is InChI=1S/C18H13ClF3NO7.C14H20ClNO2.C8H11Cl2NO.C3H8NO5P.C3H9S/c1-2-28-16(24)9-29-17(25)12-8-11(4-5-14(12)23(26)27)30-15-6-3-10(7-13(15)19)18(20,21)22;1-4-11-7-6-8-12(5-2)14(11)16(10-18-3)13(17)9-15;1-3-5-11(6-4-2)8(12)7(9)10;5-3(6)1-4-2-10(7,8)9;1-4(2)3/h3-8H,2,9H2,1H3;6-8H,4-5,9-10H2,1-3H3;3-4,7H,1-2,5-6H2;4H,1-2H2,(H,5,6)(H2,7,8,9);1-3H3/q;;;;+1/p-1. The molecule has 74 heavy (non-hydrogen) atoms. The Hall–Kier alpha value is -4.94. The van der Waals surface area contributed by atoms with Gasteiger partial charge in [-0.25, -0.2) is 9.59 Å². The summed E-state index contributed by atoms with van der Waals surface area (Å²) < 4.78 is 67.8. The number of aliphatic carboxylic acids is 1. The largest absolute Gasteiger partial charge is 0.778 e. The summed E-state index contributed by atoms with van der Waals surface area (Å²) in [6.07, 6.45) is 6.23. The average Bonchev–Trinajstić information content (AvgIpc) is 3.31. The molecule has 1 unspecified atom stereocenters. The van der Waals surface area contributed by atoms with Crippen LogP contribution in [0.1, 0.15) is 47.8 Å². The lowest BCUT2D eigenvalue weighted by molar-refractivity contribution is -0.385. The molecule has 0 aromatic heterocycles. The molecule has 3 aromatic carbocycles. The van der Waals surface area contributed by atoms with Crippen molar-refractivity contribution in [3.05, 3.63) is 117 Å². The van der Waals surface area contributed by atoms with E-state index in [2.05, 4.69) is 50.5 Å². The maximum Gasteiger partial charge on any atom is 0.416 e. The summed E-state index contributed by atoms with van der Waals surface area (Å²) in [5.74, 6) is -4.02. The van der Waals surface area contributed by atoms with Crippen molar-refractivity contribution in [3.8, 4) is 11.5 Å². The SMILES string of the molecule is C=CCN(CC=C)C(=O)C(Cl)Cl.CCOC(=O)COC(=O)c1cc(Oc2ccc(C(F)(F)F)cc2Cl)ccc1[N+](=O)[O-].CCc1cccc(CC)c1N(COC)C(=O)CCl.C[S+](C)C.O=C(O)CNCP(=O)([O-])O. The molecule has 2 amide bonds. The topological polar surface area (TPSA) is 265 Å². The van der Waals surface area contributed by atoms with Gasteiger partial charge in [0.15, 0.2) is 11.4 Å². The van der Waals surface area contributed by atoms with Crippen LogP contribution in [-0.2, 0) is 67.9 Å². The maximum absolute atomic E-state index is 12.7. The van der Waals surface area contributed by atoms with E-state index in [-0.39, 0.29) is 47.6 Å². The summed E-state index contributed by atoms with van der Waals surface area (Å²) in [4.78, 5) is 86.8. The normalized spacial score (nSPS) is 11.2. The van der Waals surface area contributed by atoms with Crippen molar-refractivity contribution in [3.63, 3.8) is 0 Å². The summed E-state index contributed by atoms with van der Waals surface area (Å²) in [7, 11) is -2.13. The van der Waals surface area contributed by atoms with Gasteiger partial charge in [0, 0.05) is 32.3 Å². The summed E-state index contributed by atoms with van der Waals surface area (Å²) in [6.45, 7) is 12.6. The zero-order chi connectivity index (χ0) is 57.4. The van der Waals surface area contributed by atoms with Crippen molar-refractivity contribution in [1.29, 1.82) is 0 Å². The number of amides is 2. The number of nitrogens with zero attached hydrogens (tertiary/aromatic N) is 3. The number of hydrogen-bond acceptors (Lipinski definition) is 14. The van der Waals surface area contributed by atoms with Crippen molar-refractivity contribution in [2.24, 2.45) is 0 Å². The molecule has 0 fully saturated rings. The van der Waals surface area contributed by atoms with Gasteiger partial charge < -0.3 is 43.3 Å². The van der Waals surface area contributed by atoms with Crippen LogP contribution in [0.3, 0.4) is 0 Å². The minimum atomic E-state index is -4.61. The van der Waals surface area contributed by atoms with Gasteiger partial charge >= 0.3 is 24.1 Å². The van der Waals surface area contributed by atoms with Gasteiger partial charge in [-0.3, -0.25) is 34.7 Å². The summed E-state index contributed by atoms with van der Waals surface area (Å²) in [6, 6.07) is 11.5. The second-order valence-corrected chi connectivity index (χ2v) is 20.3. The van der Waals surface area contributed by atoms with Gasteiger partial charge in [0.2, 0.25) is 5.91 Å². The Bertz CT molecular complexity index is 2310. The molecule has 0 heterocycles. The number of nitro benzene ring substituents is 1. The van der Waals surface area contributed by atoms with Gasteiger partial charge in [-0.1, -0.05) is 79.0 Å². The number of nitrogens with one attached hydrogen (secondary N) is 1. The highest BCUT2D eigenvalue weighted by atomic mass is 35.5. The van der Waals surface area contributed by atoms with Crippen molar-refractivity contribution in [1.82, 2.24) is 10.2 Å². The third-order valence-corrected chi connectivity index (χ3v) is 9.71. The quantitative estimate of drug-likeness (QED) is 0.0125. The Labute approximate surface area is 450 Å². The summed E-state index contributed by atoms with van der Waals surface area (Å²) in [5.41, 5.74) is 1.08. The molecular formula is C46H60Cl4F3N4O15PS. The fourth-order valence-corrected chi connectivity index (χ4v) is 6.26. The smallest absolute Gasteiger partial charge is 0.416 e. The number of methoxy groups -OCH3 is 1. The number of alkyl halides is 6. The zero-order valence-electron chi connectivity index (χ0n) is 41.5.